The maximum absolute atomic E-state index is 9.37. The van der Waals surface area contributed by atoms with Crippen molar-refractivity contribution >= 4 is 16.7 Å². The number of rotatable bonds is 2. The molecule has 1 saturated heterocycles. The molecular weight excluding hydrogens is 260 g/mol. The molecule has 4 nitrogen and oxygen atoms in total. The van der Waals surface area contributed by atoms with Crippen molar-refractivity contribution < 1.29 is 0 Å². The third-order valence-corrected chi connectivity index (χ3v) is 4.62. The van der Waals surface area contributed by atoms with Crippen LogP contribution < -0.4 is 10.2 Å². The first-order valence-corrected chi connectivity index (χ1v) is 7.39. The maximum atomic E-state index is 9.37. The Kier molecular flexibility index (Phi) is 3.52. The van der Waals surface area contributed by atoms with Crippen LogP contribution in [-0.2, 0) is 0 Å². The van der Waals surface area contributed by atoms with Crippen molar-refractivity contribution in [3.63, 3.8) is 0 Å². The summed E-state index contributed by atoms with van der Waals surface area (Å²) in [5.41, 5.74) is 1.82. The number of nitrogens with one attached hydrogen (secondary N) is 1. The second kappa shape index (κ2) is 5.34. The van der Waals surface area contributed by atoms with E-state index in [-0.39, 0.29) is 5.54 Å². The Morgan fingerprint density at radius 2 is 2.00 bits per heavy atom. The van der Waals surface area contributed by atoms with Crippen molar-refractivity contribution in [1.82, 2.24) is 10.3 Å². The van der Waals surface area contributed by atoms with Crippen LogP contribution in [0.4, 0.5) is 5.82 Å². The summed E-state index contributed by atoms with van der Waals surface area (Å²) in [5.74, 6) is 0.920. The lowest BCUT2D eigenvalue weighted by Crippen LogP contribution is -2.50. The van der Waals surface area contributed by atoms with Gasteiger partial charge in [0.15, 0.2) is 0 Å². The fourth-order valence-corrected chi connectivity index (χ4v) is 2.90. The van der Waals surface area contributed by atoms with Crippen LogP contribution in [0.25, 0.3) is 10.9 Å². The Labute approximate surface area is 125 Å². The van der Waals surface area contributed by atoms with E-state index in [0.717, 1.165) is 42.7 Å². The van der Waals surface area contributed by atoms with Gasteiger partial charge in [0.2, 0.25) is 0 Å². The van der Waals surface area contributed by atoms with Crippen molar-refractivity contribution in [2.75, 3.05) is 25.0 Å². The molecule has 1 aliphatic rings. The van der Waals surface area contributed by atoms with Gasteiger partial charge >= 0.3 is 0 Å². The van der Waals surface area contributed by atoms with E-state index in [1.165, 1.54) is 0 Å². The molecule has 0 amide bonds. The van der Waals surface area contributed by atoms with Gasteiger partial charge in [-0.3, -0.25) is 0 Å². The number of piperidine rings is 1. The van der Waals surface area contributed by atoms with E-state index in [9.17, 15) is 5.26 Å². The van der Waals surface area contributed by atoms with Crippen LogP contribution in [0.1, 0.15) is 25.3 Å². The quantitative estimate of drug-likeness (QED) is 0.919. The minimum atomic E-state index is 0.214. The summed E-state index contributed by atoms with van der Waals surface area (Å²) in [6.07, 6.45) is 2.17. The molecule has 0 aliphatic carbocycles. The van der Waals surface area contributed by atoms with E-state index < -0.39 is 0 Å². The Morgan fingerprint density at radius 3 is 2.67 bits per heavy atom. The molecule has 0 bridgehead atoms. The molecular formula is C17H20N4. The SMILES string of the molecule is CNC1(C)CCN(c2cc(C#N)c3ccccc3n2)CC1. The topological polar surface area (TPSA) is 52.0 Å². The van der Waals surface area contributed by atoms with E-state index >= 15 is 0 Å². The molecule has 0 saturated carbocycles. The second-order valence-electron chi connectivity index (χ2n) is 5.95. The molecule has 0 unspecified atom stereocenters. The van der Waals surface area contributed by atoms with Crippen molar-refractivity contribution in [3.05, 3.63) is 35.9 Å². The number of aromatic nitrogens is 1. The summed E-state index contributed by atoms with van der Waals surface area (Å²) in [5, 5.41) is 13.7. The molecule has 2 aromatic rings. The fourth-order valence-electron chi connectivity index (χ4n) is 2.90. The number of anilines is 1. The first-order chi connectivity index (χ1) is 10.1. The predicted molar refractivity (Wildman–Crippen MR) is 85.4 cm³/mol. The van der Waals surface area contributed by atoms with Crippen molar-refractivity contribution in [1.29, 1.82) is 5.26 Å². The number of benzene rings is 1. The third kappa shape index (κ3) is 2.57. The molecule has 1 aromatic carbocycles. The summed E-state index contributed by atoms with van der Waals surface area (Å²) < 4.78 is 0. The van der Waals surface area contributed by atoms with Gasteiger partial charge in [-0.1, -0.05) is 18.2 Å². The monoisotopic (exact) mass is 280 g/mol. The molecule has 21 heavy (non-hydrogen) atoms. The summed E-state index contributed by atoms with van der Waals surface area (Å²) in [4.78, 5) is 7.02. The zero-order chi connectivity index (χ0) is 14.9. The lowest BCUT2D eigenvalue weighted by Gasteiger charge is -2.39. The fraction of sp³-hybridized carbons (Fsp3) is 0.412. The van der Waals surface area contributed by atoms with Crippen LogP contribution in [0.2, 0.25) is 0 Å². The maximum Gasteiger partial charge on any atom is 0.130 e. The van der Waals surface area contributed by atoms with Crippen LogP contribution >= 0.6 is 0 Å². The molecule has 108 valence electrons. The second-order valence-corrected chi connectivity index (χ2v) is 5.95. The van der Waals surface area contributed by atoms with E-state index in [4.69, 9.17) is 4.98 Å². The van der Waals surface area contributed by atoms with E-state index in [0.29, 0.717) is 5.56 Å². The number of nitrogens with zero attached hydrogens (tertiary/aromatic N) is 3. The van der Waals surface area contributed by atoms with Gasteiger partial charge in [0.25, 0.3) is 0 Å². The normalized spacial score (nSPS) is 17.7. The largest absolute Gasteiger partial charge is 0.356 e. The van der Waals surface area contributed by atoms with Crippen LogP contribution in [0.3, 0.4) is 0 Å². The van der Waals surface area contributed by atoms with E-state index in [1.807, 2.05) is 37.4 Å². The highest BCUT2D eigenvalue weighted by Gasteiger charge is 2.29. The molecule has 1 aromatic heterocycles. The molecule has 1 fully saturated rings. The van der Waals surface area contributed by atoms with Crippen LogP contribution in [0.5, 0.6) is 0 Å². The minimum absolute atomic E-state index is 0.214. The standard InChI is InChI=1S/C17H20N4/c1-17(19-2)7-9-21(10-8-17)16-11-13(12-18)14-5-3-4-6-15(14)20-16/h3-6,11,19H,7-10H2,1-2H3. The van der Waals surface area contributed by atoms with Crippen LogP contribution in [-0.4, -0.2) is 30.7 Å². The number of hydrogen-bond acceptors (Lipinski definition) is 4. The number of hydrogen-bond donors (Lipinski definition) is 1. The molecule has 1 N–H and O–H groups in total. The summed E-state index contributed by atoms with van der Waals surface area (Å²) >= 11 is 0. The smallest absolute Gasteiger partial charge is 0.130 e. The number of fused-ring (bicyclic) bond motifs is 1. The van der Waals surface area contributed by atoms with Crippen molar-refractivity contribution in [3.8, 4) is 6.07 Å². The van der Waals surface area contributed by atoms with Gasteiger partial charge in [0.05, 0.1) is 17.1 Å². The first kappa shape index (κ1) is 13.8. The molecule has 1 aliphatic heterocycles. The highest BCUT2D eigenvalue weighted by Crippen LogP contribution is 2.27. The molecule has 2 heterocycles. The predicted octanol–water partition coefficient (Wildman–Crippen LogP) is 2.68. The van der Waals surface area contributed by atoms with Gasteiger partial charge in [-0.25, -0.2) is 4.98 Å². The Hall–Kier alpha value is -2.12. The Balaban J connectivity index is 1.94. The lowest BCUT2D eigenvalue weighted by atomic mass is 9.90. The van der Waals surface area contributed by atoms with Gasteiger partial charge in [0, 0.05) is 24.0 Å². The van der Waals surface area contributed by atoms with Gasteiger partial charge < -0.3 is 10.2 Å². The van der Waals surface area contributed by atoms with Gasteiger partial charge in [0.1, 0.15) is 5.82 Å². The number of pyridine rings is 1. The van der Waals surface area contributed by atoms with Crippen LogP contribution in [0, 0.1) is 11.3 Å². The molecule has 0 spiro atoms. The number of para-hydroxylation sites is 1. The average Bonchev–Trinajstić information content (AvgIpc) is 2.54. The first-order valence-electron chi connectivity index (χ1n) is 7.39. The average molecular weight is 280 g/mol. The van der Waals surface area contributed by atoms with E-state index in [1.54, 1.807) is 0 Å². The van der Waals surface area contributed by atoms with Gasteiger partial charge in [-0.2, -0.15) is 5.26 Å². The summed E-state index contributed by atoms with van der Waals surface area (Å²) in [6.45, 7) is 4.19. The molecule has 3 rings (SSSR count). The van der Waals surface area contributed by atoms with E-state index in [2.05, 4.69) is 23.2 Å². The molecule has 0 radical (unpaired) electrons. The minimum Gasteiger partial charge on any atom is -0.356 e. The molecule has 4 heteroatoms. The number of nitriles is 1. The molecule has 0 atom stereocenters. The zero-order valence-corrected chi connectivity index (χ0v) is 12.6. The zero-order valence-electron chi connectivity index (χ0n) is 12.6. The summed E-state index contributed by atoms with van der Waals surface area (Å²) in [6, 6.07) is 12.1. The van der Waals surface area contributed by atoms with Gasteiger partial charge in [-0.05, 0) is 38.9 Å². The summed E-state index contributed by atoms with van der Waals surface area (Å²) in [7, 11) is 2.03. The lowest BCUT2D eigenvalue weighted by molar-refractivity contribution is 0.304. The highest BCUT2D eigenvalue weighted by molar-refractivity contribution is 5.86. The van der Waals surface area contributed by atoms with Gasteiger partial charge in [-0.15, -0.1) is 0 Å². The van der Waals surface area contributed by atoms with Crippen molar-refractivity contribution in [2.45, 2.75) is 25.3 Å². The van der Waals surface area contributed by atoms with Crippen LogP contribution in [0.15, 0.2) is 30.3 Å². The Bertz CT molecular complexity index is 693. The van der Waals surface area contributed by atoms with Crippen molar-refractivity contribution in [2.24, 2.45) is 0 Å². The highest BCUT2D eigenvalue weighted by atomic mass is 15.2. The third-order valence-electron chi connectivity index (χ3n) is 4.62. The Morgan fingerprint density at radius 1 is 1.29 bits per heavy atom.